The Morgan fingerprint density at radius 1 is 1.32 bits per heavy atom. The number of carbonyl (C=O) groups is 1. The lowest BCUT2D eigenvalue weighted by molar-refractivity contribution is 0.0950. The maximum Gasteiger partial charge on any atom is 0.254 e. The van der Waals surface area contributed by atoms with Gasteiger partial charge in [-0.2, -0.15) is 0 Å². The summed E-state index contributed by atoms with van der Waals surface area (Å²) in [6.07, 6.45) is 4.09. The number of nitrogens with one attached hydrogen (secondary N) is 1. The largest absolute Gasteiger partial charge is 0.467 e. The number of hydrogen-bond acceptors (Lipinski definition) is 4. The van der Waals surface area contributed by atoms with Crippen LogP contribution in [0.5, 0.6) is 0 Å². The van der Waals surface area contributed by atoms with Gasteiger partial charge in [-0.3, -0.25) is 9.69 Å². The molecule has 1 aliphatic rings. The number of likely N-dealkylation sites (tertiary alicyclic amines) is 1. The van der Waals surface area contributed by atoms with Gasteiger partial charge >= 0.3 is 0 Å². The smallest absolute Gasteiger partial charge is 0.254 e. The molecule has 1 atom stereocenters. The van der Waals surface area contributed by atoms with Gasteiger partial charge in [-0.1, -0.05) is 31.2 Å². The van der Waals surface area contributed by atoms with Crippen molar-refractivity contribution in [1.29, 1.82) is 0 Å². The first-order valence-electron chi connectivity index (χ1n) is 9.00. The molecule has 3 N–H and O–H groups in total. The molecule has 1 amide bonds. The van der Waals surface area contributed by atoms with E-state index in [0.29, 0.717) is 24.4 Å². The lowest BCUT2D eigenvalue weighted by atomic mass is 9.99. The molecular formula is C20H27N3O2. The first-order valence-corrected chi connectivity index (χ1v) is 9.00. The van der Waals surface area contributed by atoms with E-state index in [1.165, 1.54) is 37.8 Å². The molecule has 134 valence electrons. The number of nitrogens with zero attached hydrogens (tertiary/aromatic N) is 1. The lowest BCUT2D eigenvalue weighted by Crippen LogP contribution is -2.33. The Labute approximate surface area is 149 Å². The predicted molar refractivity (Wildman–Crippen MR) is 97.9 cm³/mol. The molecule has 1 saturated heterocycles. The molecule has 1 fully saturated rings. The maximum absolute atomic E-state index is 12.1. The van der Waals surface area contributed by atoms with E-state index < -0.39 is 0 Å². The highest BCUT2D eigenvalue weighted by Crippen LogP contribution is 2.18. The molecule has 3 rings (SSSR count). The fourth-order valence-electron chi connectivity index (χ4n) is 3.34. The molecule has 5 nitrogen and oxygen atoms in total. The Morgan fingerprint density at radius 3 is 2.76 bits per heavy atom. The van der Waals surface area contributed by atoms with Crippen LogP contribution in [0.25, 0.3) is 0 Å². The topological polar surface area (TPSA) is 71.5 Å². The predicted octanol–water partition coefficient (Wildman–Crippen LogP) is 2.90. The van der Waals surface area contributed by atoms with Gasteiger partial charge in [0.05, 0.1) is 12.1 Å². The fraction of sp³-hybridized carbons (Fsp3) is 0.450. The minimum atomic E-state index is -0.144. The van der Waals surface area contributed by atoms with Crippen molar-refractivity contribution >= 4 is 5.91 Å². The van der Waals surface area contributed by atoms with Crippen molar-refractivity contribution < 1.29 is 9.21 Å². The average molecular weight is 341 g/mol. The minimum absolute atomic E-state index is 0.144. The molecule has 0 bridgehead atoms. The van der Waals surface area contributed by atoms with Gasteiger partial charge in [-0.05, 0) is 42.5 Å². The van der Waals surface area contributed by atoms with E-state index in [4.69, 9.17) is 10.2 Å². The summed E-state index contributed by atoms with van der Waals surface area (Å²) in [4.78, 5) is 14.6. The maximum atomic E-state index is 12.1. The second kappa shape index (κ2) is 8.32. The molecule has 25 heavy (non-hydrogen) atoms. The third-order valence-corrected chi connectivity index (χ3v) is 4.74. The molecule has 0 spiro atoms. The summed E-state index contributed by atoms with van der Waals surface area (Å²) in [5.41, 5.74) is 8.41. The second-order valence-electron chi connectivity index (χ2n) is 6.99. The van der Waals surface area contributed by atoms with Crippen LogP contribution in [0.3, 0.4) is 0 Å². The zero-order chi connectivity index (χ0) is 17.6. The summed E-state index contributed by atoms with van der Waals surface area (Å²) in [5.74, 6) is 1.27. The van der Waals surface area contributed by atoms with Crippen LogP contribution in [-0.2, 0) is 19.6 Å². The van der Waals surface area contributed by atoms with E-state index in [0.717, 1.165) is 18.0 Å². The van der Waals surface area contributed by atoms with Crippen LogP contribution < -0.4 is 11.1 Å². The number of benzene rings is 1. The normalized spacial score (nSPS) is 18.2. The van der Waals surface area contributed by atoms with Crippen LogP contribution >= 0.6 is 0 Å². The summed E-state index contributed by atoms with van der Waals surface area (Å²) in [5, 5.41) is 2.91. The molecule has 1 aromatic heterocycles. The monoisotopic (exact) mass is 341 g/mol. The van der Waals surface area contributed by atoms with Gasteiger partial charge < -0.3 is 15.5 Å². The van der Waals surface area contributed by atoms with Crippen LogP contribution in [0.2, 0.25) is 0 Å². The summed E-state index contributed by atoms with van der Waals surface area (Å²) < 4.78 is 5.19. The molecule has 0 aliphatic carbocycles. The highest BCUT2D eigenvalue weighted by Gasteiger charge is 2.16. The van der Waals surface area contributed by atoms with Crippen molar-refractivity contribution in [2.75, 3.05) is 13.1 Å². The van der Waals surface area contributed by atoms with E-state index in [1.807, 2.05) is 0 Å². The van der Waals surface area contributed by atoms with Gasteiger partial charge in [0.25, 0.3) is 5.91 Å². The van der Waals surface area contributed by atoms with Gasteiger partial charge in [0.2, 0.25) is 0 Å². The minimum Gasteiger partial charge on any atom is -0.467 e. The van der Waals surface area contributed by atoms with Crippen molar-refractivity contribution in [3.63, 3.8) is 0 Å². The van der Waals surface area contributed by atoms with Crippen LogP contribution in [0.1, 0.15) is 47.0 Å². The molecule has 2 heterocycles. The summed E-state index contributed by atoms with van der Waals surface area (Å²) >= 11 is 0. The van der Waals surface area contributed by atoms with E-state index in [2.05, 4.69) is 41.4 Å². The van der Waals surface area contributed by atoms with Gasteiger partial charge in [-0.25, -0.2) is 0 Å². The standard InChI is InChI=1S/C20H27N3O2/c1-15-3-2-8-23(12-15)13-17-6-4-16(5-7-17)11-22-20(24)18-9-19(10-21)25-14-18/h4-7,9,14-15H,2-3,8,10-13,21H2,1H3,(H,22,24). The highest BCUT2D eigenvalue weighted by atomic mass is 16.3. The number of furan rings is 1. The molecular weight excluding hydrogens is 314 g/mol. The molecule has 1 unspecified atom stereocenters. The van der Waals surface area contributed by atoms with Crippen molar-refractivity contribution in [3.8, 4) is 0 Å². The van der Waals surface area contributed by atoms with Crippen molar-refractivity contribution in [3.05, 3.63) is 59.0 Å². The van der Waals surface area contributed by atoms with E-state index in [-0.39, 0.29) is 5.91 Å². The zero-order valence-corrected chi connectivity index (χ0v) is 14.8. The van der Waals surface area contributed by atoms with Crippen molar-refractivity contribution in [1.82, 2.24) is 10.2 Å². The summed E-state index contributed by atoms with van der Waals surface area (Å²) in [6, 6.07) is 10.2. The number of nitrogens with two attached hydrogens (primary N) is 1. The Hall–Kier alpha value is -2.11. The van der Waals surface area contributed by atoms with E-state index >= 15 is 0 Å². The molecule has 1 aliphatic heterocycles. The SMILES string of the molecule is CC1CCCN(Cc2ccc(CNC(=O)c3coc(CN)c3)cc2)C1. The van der Waals surface area contributed by atoms with Crippen molar-refractivity contribution in [2.24, 2.45) is 11.7 Å². The average Bonchev–Trinajstić information content (AvgIpc) is 3.10. The van der Waals surface area contributed by atoms with Crippen LogP contribution in [-0.4, -0.2) is 23.9 Å². The lowest BCUT2D eigenvalue weighted by Gasteiger charge is -2.30. The fourth-order valence-corrected chi connectivity index (χ4v) is 3.34. The Morgan fingerprint density at radius 2 is 2.08 bits per heavy atom. The van der Waals surface area contributed by atoms with Gasteiger partial charge in [0, 0.05) is 19.6 Å². The summed E-state index contributed by atoms with van der Waals surface area (Å²) in [6.45, 7) is 6.51. The quantitative estimate of drug-likeness (QED) is 0.847. The third kappa shape index (κ3) is 4.94. The summed E-state index contributed by atoms with van der Waals surface area (Å²) in [7, 11) is 0. The Balaban J connectivity index is 1.49. The molecule has 1 aromatic carbocycles. The number of piperidine rings is 1. The number of amides is 1. The molecule has 2 aromatic rings. The van der Waals surface area contributed by atoms with Crippen LogP contribution in [0, 0.1) is 5.92 Å². The van der Waals surface area contributed by atoms with E-state index in [9.17, 15) is 4.79 Å². The first-order chi connectivity index (χ1) is 12.1. The molecule has 0 saturated carbocycles. The number of rotatable bonds is 6. The number of carbonyl (C=O) groups excluding carboxylic acids is 1. The van der Waals surface area contributed by atoms with E-state index in [1.54, 1.807) is 6.07 Å². The van der Waals surface area contributed by atoms with Gasteiger partial charge in [0.1, 0.15) is 12.0 Å². The van der Waals surface area contributed by atoms with Crippen molar-refractivity contribution in [2.45, 2.75) is 39.4 Å². The van der Waals surface area contributed by atoms with Gasteiger partial charge in [0.15, 0.2) is 0 Å². The first kappa shape index (κ1) is 17.7. The third-order valence-electron chi connectivity index (χ3n) is 4.74. The van der Waals surface area contributed by atoms with Gasteiger partial charge in [-0.15, -0.1) is 0 Å². The van der Waals surface area contributed by atoms with Crippen LogP contribution in [0.4, 0.5) is 0 Å². The Kier molecular flexibility index (Phi) is 5.89. The highest BCUT2D eigenvalue weighted by molar-refractivity contribution is 5.93. The zero-order valence-electron chi connectivity index (χ0n) is 14.8. The molecule has 5 heteroatoms. The Bertz CT molecular complexity index is 693. The number of hydrogen-bond donors (Lipinski definition) is 2. The molecule has 0 radical (unpaired) electrons. The van der Waals surface area contributed by atoms with Crippen LogP contribution in [0.15, 0.2) is 41.0 Å². The second-order valence-corrected chi connectivity index (χ2v) is 6.99.